The van der Waals surface area contributed by atoms with Crippen LogP contribution in [0.4, 0.5) is 11.4 Å². The standard InChI is InChI=1S/C13H9BrN2O3S/c14-12-8(3-4-19-12)13(18)15-7-1-2-10-9(5-7)16-11(17)6-20-10/h1-5H,6H2,(H,15,18)(H,16,17). The molecule has 20 heavy (non-hydrogen) atoms. The van der Waals surface area contributed by atoms with Gasteiger partial charge < -0.3 is 15.1 Å². The molecule has 2 N–H and O–H groups in total. The largest absolute Gasteiger partial charge is 0.457 e. The van der Waals surface area contributed by atoms with Gasteiger partial charge in [-0.15, -0.1) is 11.8 Å². The summed E-state index contributed by atoms with van der Waals surface area (Å²) in [4.78, 5) is 24.4. The minimum absolute atomic E-state index is 0.0384. The van der Waals surface area contributed by atoms with Crippen LogP contribution in [0.3, 0.4) is 0 Å². The van der Waals surface area contributed by atoms with Crippen LogP contribution in [-0.2, 0) is 4.79 Å². The molecule has 1 aromatic heterocycles. The van der Waals surface area contributed by atoms with Gasteiger partial charge in [0.15, 0.2) is 4.67 Å². The molecule has 1 aliphatic heterocycles. The fourth-order valence-electron chi connectivity index (χ4n) is 1.82. The lowest BCUT2D eigenvalue weighted by atomic mass is 10.2. The molecule has 0 spiro atoms. The van der Waals surface area contributed by atoms with Crippen molar-refractivity contribution in [1.82, 2.24) is 0 Å². The van der Waals surface area contributed by atoms with E-state index >= 15 is 0 Å². The average Bonchev–Trinajstić information content (AvgIpc) is 2.84. The van der Waals surface area contributed by atoms with Gasteiger partial charge in [0.25, 0.3) is 5.91 Å². The van der Waals surface area contributed by atoms with E-state index in [0.717, 1.165) is 10.6 Å². The summed E-state index contributed by atoms with van der Waals surface area (Å²) in [5.74, 6) is 0.102. The van der Waals surface area contributed by atoms with E-state index in [2.05, 4.69) is 26.6 Å². The van der Waals surface area contributed by atoms with Crippen LogP contribution in [0.15, 0.2) is 44.5 Å². The molecule has 102 valence electrons. The maximum absolute atomic E-state index is 12.0. The van der Waals surface area contributed by atoms with Crippen molar-refractivity contribution >= 4 is 50.9 Å². The number of hydrogen-bond donors (Lipinski definition) is 2. The SMILES string of the molecule is O=C1CSc2ccc(NC(=O)c3ccoc3Br)cc2N1. The molecule has 0 fully saturated rings. The van der Waals surface area contributed by atoms with E-state index in [4.69, 9.17) is 4.42 Å². The zero-order valence-electron chi connectivity index (χ0n) is 10.1. The third kappa shape index (κ3) is 2.59. The monoisotopic (exact) mass is 352 g/mol. The Morgan fingerprint density at radius 1 is 1.40 bits per heavy atom. The van der Waals surface area contributed by atoms with Crippen molar-refractivity contribution < 1.29 is 14.0 Å². The van der Waals surface area contributed by atoms with Crippen molar-refractivity contribution in [3.63, 3.8) is 0 Å². The van der Waals surface area contributed by atoms with E-state index in [1.165, 1.54) is 18.0 Å². The molecule has 2 heterocycles. The number of fused-ring (bicyclic) bond motifs is 1. The summed E-state index contributed by atoms with van der Waals surface area (Å²) in [7, 11) is 0. The smallest absolute Gasteiger partial charge is 0.260 e. The van der Waals surface area contributed by atoms with Crippen molar-refractivity contribution in [3.8, 4) is 0 Å². The van der Waals surface area contributed by atoms with Crippen LogP contribution in [0.2, 0.25) is 0 Å². The second-order valence-electron chi connectivity index (χ2n) is 4.11. The van der Waals surface area contributed by atoms with Gasteiger partial charge >= 0.3 is 0 Å². The zero-order chi connectivity index (χ0) is 14.1. The average molecular weight is 353 g/mol. The normalized spacial score (nSPS) is 13.6. The molecule has 0 radical (unpaired) electrons. The molecule has 3 rings (SSSR count). The molecule has 0 atom stereocenters. The van der Waals surface area contributed by atoms with E-state index in [-0.39, 0.29) is 11.8 Å². The van der Waals surface area contributed by atoms with Crippen LogP contribution in [0, 0.1) is 0 Å². The Labute approximate surface area is 127 Å². The predicted octanol–water partition coefficient (Wildman–Crippen LogP) is 3.34. The Kier molecular flexibility index (Phi) is 3.54. The van der Waals surface area contributed by atoms with Gasteiger partial charge in [0.05, 0.1) is 23.3 Å². The molecular formula is C13H9BrN2O3S. The van der Waals surface area contributed by atoms with Crippen LogP contribution in [-0.4, -0.2) is 17.6 Å². The molecule has 0 bridgehead atoms. The molecule has 1 aromatic carbocycles. The quantitative estimate of drug-likeness (QED) is 0.869. The summed E-state index contributed by atoms with van der Waals surface area (Å²) in [6.45, 7) is 0. The highest BCUT2D eigenvalue weighted by Crippen LogP contribution is 2.33. The first kappa shape index (κ1) is 13.3. The number of carbonyl (C=O) groups is 2. The molecule has 0 aliphatic carbocycles. The molecule has 2 amide bonds. The van der Waals surface area contributed by atoms with Gasteiger partial charge in [-0.1, -0.05) is 0 Å². The van der Waals surface area contributed by atoms with E-state index in [1.54, 1.807) is 18.2 Å². The van der Waals surface area contributed by atoms with Crippen molar-refractivity contribution in [2.75, 3.05) is 16.4 Å². The van der Waals surface area contributed by atoms with Gasteiger partial charge in [-0.2, -0.15) is 0 Å². The molecule has 7 heteroatoms. The first-order valence-electron chi connectivity index (χ1n) is 5.74. The Hall–Kier alpha value is -1.73. The first-order chi connectivity index (χ1) is 9.63. The first-order valence-corrected chi connectivity index (χ1v) is 7.52. The van der Waals surface area contributed by atoms with Gasteiger partial charge in [0, 0.05) is 10.6 Å². The summed E-state index contributed by atoms with van der Waals surface area (Å²) < 4.78 is 5.41. The molecule has 0 unspecified atom stereocenters. The highest BCUT2D eigenvalue weighted by atomic mass is 79.9. The number of halogens is 1. The number of carbonyl (C=O) groups excluding carboxylic acids is 2. The summed E-state index contributed by atoms with van der Waals surface area (Å²) in [6.07, 6.45) is 1.43. The lowest BCUT2D eigenvalue weighted by Crippen LogP contribution is -2.19. The Morgan fingerprint density at radius 3 is 3.00 bits per heavy atom. The number of benzene rings is 1. The summed E-state index contributed by atoms with van der Waals surface area (Å²) in [6, 6.07) is 7.00. The highest BCUT2D eigenvalue weighted by Gasteiger charge is 2.17. The van der Waals surface area contributed by atoms with Gasteiger partial charge in [-0.05, 0) is 40.2 Å². The number of rotatable bonds is 2. The van der Waals surface area contributed by atoms with E-state index in [9.17, 15) is 9.59 Å². The fraction of sp³-hybridized carbons (Fsp3) is 0.0769. The highest BCUT2D eigenvalue weighted by molar-refractivity contribution is 9.10. The van der Waals surface area contributed by atoms with Crippen LogP contribution in [0.1, 0.15) is 10.4 Å². The van der Waals surface area contributed by atoms with Crippen molar-refractivity contribution in [3.05, 3.63) is 40.8 Å². The third-order valence-electron chi connectivity index (χ3n) is 2.73. The van der Waals surface area contributed by atoms with Crippen molar-refractivity contribution in [1.29, 1.82) is 0 Å². The zero-order valence-corrected chi connectivity index (χ0v) is 12.5. The summed E-state index contributed by atoms with van der Waals surface area (Å²) >= 11 is 4.64. The summed E-state index contributed by atoms with van der Waals surface area (Å²) in [5, 5.41) is 5.54. The number of amides is 2. The van der Waals surface area contributed by atoms with Gasteiger partial charge in [0.2, 0.25) is 5.91 Å². The van der Waals surface area contributed by atoms with Crippen LogP contribution in [0.5, 0.6) is 0 Å². The van der Waals surface area contributed by atoms with Gasteiger partial charge in [-0.3, -0.25) is 9.59 Å². The Morgan fingerprint density at radius 2 is 2.25 bits per heavy atom. The maximum Gasteiger partial charge on any atom is 0.260 e. The van der Waals surface area contributed by atoms with E-state index < -0.39 is 0 Å². The van der Waals surface area contributed by atoms with Gasteiger partial charge in [-0.25, -0.2) is 0 Å². The summed E-state index contributed by atoms with van der Waals surface area (Å²) in [5.41, 5.74) is 1.75. The van der Waals surface area contributed by atoms with Crippen molar-refractivity contribution in [2.24, 2.45) is 0 Å². The number of thioether (sulfide) groups is 1. The number of nitrogens with one attached hydrogen (secondary N) is 2. The molecular weight excluding hydrogens is 344 g/mol. The van der Waals surface area contributed by atoms with Crippen molar-refractivity contribution in [2.45, 2.75) is 4.90 Å². The Bertz CT molecular complexity index is 699. The second kappa shape index (κ2) is 5.34. The third-order valence-corrected chi connectivity index (χ3v) is 4.42. The van der Waals surface area contributed by atoms with Crippen LogP contribution >= 0.6 is 27.7 Å². The van der Waals surface area contributed by atoms with Gasteiger partial charge in [0.1, 0.15) is 0 Å². The molecule has 2 aromatic rings. The number of anilines is 2. The predicted molar refractivity (Wildman–Crippen MR) is 80.2 cm³/mol. The molecule has 0 saturated carbocycles. The molecule has 1 aliphatic rings. The number of furan rings is 1. The van der Waals surface area contributed by atoms with E-state index in [1.807, 2.05) is 6.07 Å². The minimum atomic E-state index is -0.277. The Balaban J connectivity index is 1.82. The molecule has 5 nitrogen and oxygen atoms in total. The lowest BCUT2D eigenvalue weighted by Gasteiger charge is -2.17. The van der Waals surface area contributed by atoms with Crippen LogP contribution < -0.4 is 10.6 Å². The second-order valence-corrected chi connectivity index (χ2v) is 5.85. The maximum atomic E-state index is 12.0. The molecule has 0 saturated heterocycles. The lowest BCUT2D eigenvalue weighted by molar-refractivity contribution is -0.113. The van der Waals surface area contributed by atoms with Crippen LogP contribution in [0.25, 0.3) is 0 Å². The van der Waals surface area contributed by atoms with E-state index in [0.29, 0.717) is 21.7 Å². The topological polar surface area (TPSA) is 71.3 Å². The fourth-order valence-corrected chi connectivity index (χ4v) is 3.02. The minimum Gasteiger partial charge on any atom is -0.457 e. The number of hydrogen-bond acceptors (Lipinski definition) is 4.